The molecule has 0 aliphatic heterocycles. The Labute approximate surface area is 112 Å². The van der Waals surface area contributed by atoms with Gasteiger partial charge in [0.15, 0.2) is 0 Å². The number of carbonyl (C=O) groups is 1. The van der Waals surface area contributed by atoms with Gasteiger partial charge in [0.05, 0.1) is 19.1 Å². The Balaban J connectivity index is 3.05. The van der Waals surface area contributed by atoms with E-state index in [0.29, 0.717) is 12.8 Å². The van der Waals surface area contributed by atoms with Crippen molar-refractivity contribution < 1.29 is 14.3 Å². The lowest BCUT2D eigenvalue weighted by atomic mass is 10.1. The molecule has 0 fully saturated rings. The molecule has 4 nitrogen and oxygen atoms in total. The molecule has 1 aromatic rings. The molecule has 18 heavy (non-hydrogen) atoms. The highest BCUT2D eigenvalue weighted by atomic mass is 32.2. The van der Waals surface area contributed by atoms with E-state index in [4.69, 9.17) is 9.47 Å². The van der Waals surface area contributed by atoms with Crippen LogP contribution in [0.15, 0.2) is 17.0 Å². The third kappa shape index (κ3) is 3.57. The molecule has 1 aromatic carbocycles. The molecule has 1 amide bonds. The Morgan fingerprint density at radius 2 is 2.00 bits per heavy atom. The maximum Gasteiger partial charge on any atom is 0.207 e. The fraction of sp³-hybridized carbons (Fsp3) is 0.462. The van der Waals surface area contributed by atoms with Crippen molar-refractivity contribution in [1.29, 1.82) is 0 Å². The first-order valence-electron chi connectivity index (χ1n) is 5.64. The van der Waals surface area contributed by atoms with Gasteiger partial charge in [0.25, 0.3) is 0 Å². The monoisotopic (exact) mass is 269 g/mol. The van der Waals surface area contributed by atoms with Crippen LogP contribution in [0, 0.1) is 0 Å². The van der Waals surface area contributed by atoms with Crippen LogP contribution in [-0.2, 0) is 11.2 Å². The molecule has 0 bridgehead atoms. The van der Waals surface area contributed by atoms with E-state index in [9.17, 15) is 4.79 Å². The third-order valence-corrected chi connectivity index (χ3v) is 3.42. The molecular weight excluding hydrogens is 250 g/mol. The van der Waals surface area contributed by atoms with Gasteiger partial charge in [0.1, 0.15) is 11.5 Å². The van der Waals surface area contributed by atoms with E-state index in [1.165, 1.54) is 0 Å². The van der Waals surface area contributed by atoms with Gasteiger partial charge in [-0.2, -0.15) is 0 Å². The van der Waals surface area contributed by atoms with Crippen LogP contribution < -0.4 is 14.8 Å². The van der Waals surface area contributed by atoms with Gasteiger partial charge in [0, 0.05) is 6.04 Å². The molecule has 100 valence electrons. The standard InChI is InChI=1S/C13H19NO3S/c1-9(14-8-15)5-10-6-12(17-3)13(18-4)7-11(10)16-2/h6-9H,5H2,1-4H3,(H,14,15). The number of hydrogen-bond acceptors (Lipinski definition) is 4. The molecule has 0 aliphatic rings. The second-order valence-corrected chi connectivity index (χ2v) is 4.76. The molecular formula is C13H19NO3S. The summed E-state index contributed by atoms with van der Waals surface area (Å²) in [5.74, 6) is 1.65. The van der Waals surface area contributed by atoms with Crippen molar-refractivity contribution in [3.8, 4) is 11.5 Å². The minimum atomic E-state index is 0.0567. The summed E-state index contributed by atoms with van der Waals surface area (Å²) < 4.78 is 10.7. The maximum absolute atomic E-state index is 10.4. The largest absolute Gasteiger partial charge is 0.496 e. The summed E-state index contributed by atoms with van der Waals surface area (Å²) in [5, 5.41) is 2.73. The third-order valence-electron chi connectivity index (χ3n) is 2.67. The van der Waals surface area contributed by atoms with Crippen LogP contribution in [0.1, 0.15) is 12.5 Å². The first kappa shape index (κ1) is 14.7. The molecule has 1 N–H and O–H groups in total. The van der Waals surface area contributed by atoms with Crippen molar-refractivity contribution in [3.63, 3.8) is 0 Å². The van der Waals surface area contributed by atoms with Gasteiger partial charge in [0.2, 0.25) is 6.41 Å². The zero-order valence-corrected chi connectivity index (χ0v) is 12.0. The molecule has 0 saturated heterocycles. The number of hydrogen-bond donors (Lipinski definition) is 1. The van der Waals surface area contributed by atoms with Gasteiger partial charge >= 0.3 is 0 Å². The Morgan fingerprint density at radius 1 is 1.33 bits per heavy atom. The SMILES string of the molecule is COc1cc(SC)c(OC)cc1CC(C)NC=O. The van der Waals surface area contributed by atoms with E-state index in [1.54, 1.807) is 26.0 Å². The van der Waals surface area contributed by atoms with Crippen LogP contribution in [-0.4, -0.2) is 32.9 Å². The molecule has 0 saturated carbocycles. The summed E-state index contributed by atoms with van der Waals surface area (Å²) in [6.45, 7) is 1.95. The molecule has 1 rings (SSSR count). The molecule has 5 heteroatoms. The summed E-state index contributed by atoms with van der Waals surface area (Å²) in [7, 11) is 3.30. The lowest BCUT2D eigenvalue weighted by Crippen LogP contribution is -2.26. The molecule has 0 heterocycles. The number of thioether (sulfide) groups is 1. The molecule has 0 aliphatic carbocycles. The van der Waals surface area contributed by atoms with Gasteiger partial charge < -0.3 is 14.8 Å². The number of nitrogens with one attached hydrogen (secondary N) is 1. The Kier molecular flexibility index (Phi) is 5.85. The van der Waals surface area contributed by atoms with E-state index in [0.717, 1.165) is 22.0 Å². The average molecular weight is 269 g/mol. The van der Waals surface area contributed by atoms with E-state index in [1.807, 2.05) is 25.3 Å². The van der Waals surface area contributed by atoms with Crippen LogP contribution in [0.25, 0.3) is 0 Å². The first-order chi connectivity index (χ1) is 8.65. The van der Waals surface area contributed by atoms with Crippen LogP contribution >= 0.6 is 11.8 Å². The van der Waals surface area contributed by atoms with Crippen LogP contribution in [0.3, 0.4) is 0 Å². The molecule has 0 aromatic heterocycles. The quantitative estimate of drug-likeness (QED) is 0.608. The highest BCUT2D eigenvalue weighted by molar-refractivity contribution is 7.98. The summed E-state index contributed by atoms with van der Waals surface area (Å²) in [6, 6.07) is 3.99. The minimum absolute atomic E-state index is 0.0567. The summed E-state index contributed by atoms with van der Waals surface area (Å²) >= 11 is 1.61. The van der Waals surface area contributed by atoms with Crippen molar-refractivity contribution in [2.75, 3.05) is 20.5 Å². The molecule has 1 unspecified atom stereocenters. The van der Waals surface area contributed by atoms with E-state index in [2.05, 4.69) is 5.32 Å². The zero-order chi connectivity index (χ0) is 13.5. The van der Waals surface area contributed by atoms with Gasteiger partial charge in [-0.1, -0.05) is 0 Å². The van der Waals surface area contributed by atoms with Crippen LogP contribution in [0.4, 0.5) is 0 Å². The van der Waals surface area contributed by atoms with Gasteiger partial charge in [-0.3, -0.25) is 4.79 Å². The van der Waals surface area contributed by atoms with Crippen LogP contribution in [0.5, 0.6) is 11.5 Å². The zero-order valence-electron chi connectivity index (χ0n) is 11.1. The lowest BCUT2D eigenvalue weighted by molar-refractivity contribution is -0.110. The number of methoxy groups -OCH3 is 2. The normalized spacial score (nSPS) is 11.8. The highest BCUT2D eigenvalue weighted by Gasteiger charge is 2.13. The minimum Gasteiger partial charge on any atom is -0.496 e. The topological polar surface area (TPSA) is 47.6 Å². The highest BCUT2D eigenvalue weighted by Crippen LogP contribution is 2.34. The molecule has 0 radical (unpaired) electrons. The predicted molar refractivity (Wildman–Crippen MR) is 73.7 cm³/mol. The average Bonchev–Trinajstić information content (AvgIpc) is 2.38. The number of ether oxygens (including phenoxy) is 2. The predicted octanol–water partition coefficient (Wildman–Crippen LogP) is 2.10. The number of amides is 1. The number of rotatable bonds is 7. The number of benzene rings is 1. The summed E-state index contributed by atoms with van der Waals surface area (Å²) in [5.41, 5.74) is 1.02. The smallest absolute Gasteiger partial charge is 0.207 e. The van der Waals surface area contributed by atoms with Gasteiger partial charge in [-0.05, 0) is 37.3 Å². The van der Waals surface area contributed by atoms with E-state index in [-0.39, 0.29) is 6.04 Å². The van der Waals surface area contributed by atoms with Crippen molar-refractivity contribution >= 4 is 18.2 Å². The fourth-order valence-corrected chi connectivity index (χ4v) is 2.33. The first-order valence-corrected chi connectivity index (χ1v) is 6.87. The summed E-state index contributed by atoms with van der Waals surface area (Å²) in [6.07, 6.45) is 3.41. The van der Waals surface area contributed by atoms with Crippen molar-refractivity contribution in [2.45, 2.75) is 24.3 Å². The second kappa shape index (κ2) is 7.16. The van der Waals surface area contributed by atoms with Crippen LogP contribution in [0.2, 0.25) is 0 Å². The molecule has 0 spiro atoms. The lowest BCUT2D eigenvalue weighted by Gasteiger charge is -2.16. The van der Waals surface area contributed by atoms with Crippen molar-refractivity contribution in [3.05, 3.63) is 17.7 Å². The van der Waals surface area contributed by atoms with E-state index < -0.39 is 0 Å². The van der Waals surface area contributed by atoms with Crippen molar-refractivity contribution in [1.82, 2.24) is 5.32 Å². The maximum atomic E-state index is 10.4. The molecule has 1 atom stereocenters. The Bertz CT molecular complexity index is 409. The second-order valence-electron chi connectivity index (χ2n) is 3.91. The van der Waals surface area contributed by atoms with E-state index >= 15 is 0 Å². The number of carbonyl (C=O) groups excluding carboxylic acids is 1. The fourth-order valence-electron chi connectivity index (χ4n) is 1.76. The van der Waals surface area contributed by atoms with Crippen molar-refractivity contribution in [2.24, 2.45) is 0 Å². The Hall–Kier alpha value is -1.36. The summed E-state index contributed by atoms with van der Waals surface area (Å²) in [4.78, 5) is 11.4. The van der Waals surface area contributed by atoms with Gasteiger partial charge in [-0.15, -0.1) is 11.8 Å². The Morgan fingerprint density at radius 3 is 2.50 bits per heavy atom. The van der Waals surface area contributed by atoms with Gasteiger partial charge in [-0.25, -0.2) is 0 Å².